The summed E-state index contributed by atoms with van der Waals surface area (Å²) < 4.78 is 0. The molecule has 92 valence electrons. The Morgan fingerprint density at radius 2 is 1.60 bits per heavy atom. The molecule has 0 rings (SSSR count). The van der Waals surface area contributed by atoms with Crippen LogP contribution >= 0.6 is 12.6 Å². The normalized spacial score (nSPS) is 14.6. The summed E-state index contributed by atoms with van der Waals surface area (Å²) in [6, 6.07) is 0. The zero-order valence-electron chi connectivity index (χ0n) is 11.3. The van der Waals surface area contributed by atoms with Crippen LogP contribution in [0.1, 0.15) is 73.1 Å². The quantitative estimate of drug-likeness (QED) is 0.444. The van der Waals surface area contributed by atoms with Crippen LogP contribution < -0.4 is 0 Å². The molecule has 0 aliphatic heterocycles. The molecule has 15 heavy (non-hydrogen) atoms. The summed E-state index contributed by atoms with van der Waals surface area (Å²) in [5.41, 5.74) is 0.512. The van der Waals surface area contributed by atoms with Gasteiger partial charge in [-0.05, 0) is 30.6 Å². The molecule has 0 aromatic carbocycles. The lowest BCUT2D eigenvalue weighted by atomic mass is 9.89. The van der Waals surface area contributed by atoms with Crippen molar-refractivity contribution in [1.29, 1.82) is 0 Å². The van der Waals surface area contributed by atoms with Crippen molar-refractivity contribution >= 4 is 12.6 Å². The Labute approximate surface area is 103 Å². The largest absolute Gasteiger partial charge is 0.176 e. The van der Waals surface area contributed by atoms with Gasteiger partial charge in [0.2, 0.25) is 0 Å². The zero-order valence-corrected chi connectivity index (χ0v) is 12.2. The van der Waals surface area contributed by atoms with E-state index in [0.29, 0.717) is 10.7 Å². The minimum atomic E-state index is 0.512. The molecule has 1 atom stereocenters. The molecule has 1 unspecified atom stereocenters. The number of unbranched alkanes of at least 4 members (excludes halogenated alkanes) is 2. The van der Waals surface area contributed by atoms with E-state index in [4.69, 9.17) is 0 Å². The number of hydrogen-bond donors (Lipinski definition) is 1. The molecular weight excluding hydrogens is 200 g/mol. The van der Waals surface area contributed by atoms with E-state index in [1.165, 1.54) is 38.5 Å². The highest BCUT2D eigenvalue weighted by Gasteiger charge is 2.09. The van der Waals surface area contributed by atoms with E-state index in [0.717, 1.165) is 5.92 Å². The Balaban J connectivity index is 3.31. The van der Waals surface area contributed by atoms with Gasteiger partial charge in [0.25, 0.3) is 0 Å². The molecule has 0 aliphatic rings. The Morgan fingerprint density at radius 3 is 2.07 bits per heavy atom. The van der Waals surface area contributed by atoms with Crippen LogP contribution in [0.2, 0.25) is 0 Å². The van der Waals surface area contributed by atoms with Crippen molar-refractivity contribution < 1.29 is 0 Å². The predicted octanol–water partition coefficient (Wildman–Crippen LogP) is 5.33. The molecule has 1 heteroatoms. The van der Waals surface area contributed by atoms with Gasteiger partial charge >= 0.3 is 0 Å². The van der Waals surface area contributed by atoms with Crippen LogP contribution in [0.3, 0.4) is 0 Å². The first-order valence-corrected chi connectivity index (χ1v) is 7.01. The Bertz CT molecular complexity index is 144. The second kappa shape index (κ2) is 7.60. The summed E-state index contributed by atoms with van der Waals surface area (Å²) in [4.78, 5) is 0. The monoisotopic (exact) mass is 230 g/mol. The van der Waals surface area contributed by atoms with Crippen LogP contribution in [-0.2, 0) is 0 Å². The first-order chi connectivity index (χ1) is 6.81. The molecule has 0 saturated carbocycles. The van der Waals surface area contributed by atoms with Crippen molar-refractivity contribution in [3.05, 3.63) is 0 Å². The molecule has 0 nitrogen and oxygen atoms in total. The van der Waals surface area contributed by atoms with Crippen LogP contribution in [0, 0.1) is 11.3 Å². The maximum absolute atomic E-state index is 4.63. The second-order valence-corrected chi connectivity index (χ2v) is 7.17. The van der Waals surface area contributed by atoms with Crippen LogP contribution in [-0.4, -0.2) is 5.25 Å². The van der Waals surface area contributed by atoms with Crippen LogP contribution in [0.25, 0.3) is 0 Å². The van der Waals surface area contributed by atoms with Crippen LogP contribution in [0.5, 0.6) is 0 Å². The maximum Gasteiger partial charge on any atom is 0.00192 e. The highest BCUT2D eigenvalue weighted by Crippen LogP contribution is 2.23. The minimum Gasteiger partial charge on any atom is -0.176 e. The topological polar surface area (TPSA) is 0 Å². The van der Waals surface area contributed by atoms with Gasteiger partial charge in [-0.15, -0.1) is 0 Å². The van der Waals surface area contributed by atoms with Gasteiger partial charge in [0.1, 0.15) is 0 Å². The summed E-state index contributed by atoms with van der Waals surface area (Å²) in [5.74, 6) is 0.794. The molecule has 0 fully saturated rings. The maximum atomic E-state index is 4.63. The lowest BCUT2D eigenvalue weighted by Gasteiger charge is -2.18. The lowest BCUT2D eigenvalue weighted by molar-refractivity contribution is 0.356. The predicted molar refractivity (Wildman–Crippen MR) is 74.8 cm³/mol. The van der Waals surface area contributed by atoms with Crippen molar-refractivity contribution in [3.63, 3.8) is 0 Å². The fraction of sp³-hybridized carbons (Fsp3) is 1.00. The smallest absolute Gasteiger partial charge is 0.00192 e. The Kier molecular flexibility index (Phi) is 7.77. The van der Waals surface area contributed by atoms with Crippen molar-refractivity contribution in [2.24, 2.45) is 11.3 Å². The van der Waals surface area contributed by atoms with Gasteiger partial charge < -0.3 is 0 Å². The summed E-state index contributed by atoms with van der Waals surface area (Å²) in [6.07, 6.45) is 8.04. The SMILES string of the molecule is CC(C)CC(S)CCCCCC(C)(C)C. The second-order valence-electron chi connectivity index (χ2n) is 6.44. The van der Waals surface area contributed by atoms with Gasteiger partial charge in [-0.1, -0.05) is 53.9 Å². The molecule has 0 N–H and O–H groups in total. The lowest BCUT2D eigenvalue weighted by Crippen LogP contribution is -2.05. The van der Waals surface area contributed by atoms with Crippen molar-refractivity contribution in [2.75, 3.05) is 0 Å². The van der Waals surface area contributed by atoms with E-state index in [9.17, 15) is 0 Å². The third-order valence-electron chi connectivity index (χ3n) is 2.71. The van der Waals surface area contributed by atoms with Gasteiger partial charge in [-0.3, -0.25) is 0 Å². The average molecular weight is 230 g/mol. The Hall–Kier alpha value is 0.350. The first-order valence-electron chi connectivity index (χ1n) is 6.49. The Morgan fingerprint density at radius 1 is 1.00 bits per heavy atom. The summed E-state index contributed by atoms with van der Waals surface area (Å²) >= 11 is 4.63. The summed E-state index contributed by atoms with van der Waals surface area (Å²) in [7, 11) is 0. The first kappa shape index (κ1) is 15.3. The van der Waals surface area contributed by atoms with Gasteiger partial charge in [0.15, 0.2) is 0 Å². The summed E-state index contributed by atoms with van der Waals surface area (Å²) in [5, 5.41) is 0.625. The third-order valence-corrected chi connectivity index (χ3v) is 3.18. The highest BCUT2D eigenvalue weighted by molar-refractivity contribution is 7.80. The van der Waals surface area contributed by atoms with Crippen molar-refractivity contribution in [2.45, 2.75) is 78.4 Å². The van der Waals surface area contributed by atoms with Crippen LogP contribution in [0.15, 0.2) is 0 Å². The molecule has 0 amide bonds. The molecule has 0 aliphatic carbocycles. The fourth-order valence-corrected chi connectivity index (χ4v) is 2.48. The van der Waals surface area contributed by atoms with Gasteiger partial charge in [0.05, 0.1) is 0 Å². The fourth-order valence-electron chi connectivity index (χ4n) is 1.87. The molecule has 0 aromatic heterocycles. The van der Waals surface area contributed by atoms with E-state index in [2.05, 4.69) is 47.2 Å². The van der Waals surface area contributed by atoms with E-state index in [1.807, 2.05) is 0 Å². The number of rotatable bonds is 7. The van der Waals surface area contributed by atoms with Gasteiger partial charge in [0, 0.05) is 5.25 Å². The van der Waals surface area contributed by atoms with E-state index in [-0.39, 0.29) is 0 Å². The van der Waals surface area contributed by atoms with Gasteiger partial charge in [-0.2, -0.15) is 12.6 Å². The minimum absolute atomic E-state index is 0.512. The van der Waals surface area contributed by atoms with Crippen molar-refractivity contribution in [3.8, 4) is 0 Å². The van der Waals surface area contributed by atoms with Crippen LogP contribution in [0.4, 0.5) is 0 Å². The molecule has 0 spiro atoms. The molecular formula is C14H30S. The third kappa shape index (κ3) is 12.3. The summed E-state index contributed by atoms with van der Waals surface area (Å²) in [6.45, 7) is 11.5. The van der Waals surface area contributed by atoms with Gasteiger partial charge in [-0.25, -0.2) is 0 Å². The van der Waals surface area contributed by atoms with Crippen molar-refractivity contribution in [1.82, 2.24) is 0 Å². The molecule has 0 aromatic rings. The van der Waals surface area contributed by atoms with E-state index >= 15 is 0 Å². The number of hydrogen-bond acceptors (Lipinski definition) is 1. The standard InChI is InChI=1S/C14H30S/c1-12(2)11-13(15)9-7-6-8-10-14(3,4)5/h12-13,15H,6-11H2,1-5H3. The molecule has 0 bridgehead atoms. The average Bonchev–Trinajstić information content (AvgIpc) is 1.99. The molecule has 0 radical (unpaired) electrons. The highest BCUT2D eigenvalue weighted by atomic mass is 32.1. The zero-order chi connectivity index (χ0) is 11.9. The van der Waals surface area contributed by atoms with E-state index < -0.39 is 0 Å². The molecule has 0 heterocycles. The molecule has 0 saturated heterocycles. The van der Waals surface area contributed by atoms with E-state index in [1.54, 1.807) is 0 Å². The number of thiol groups is 1.